The van der Waals surface area contributed by atoms with E-state index < -0.39 is 5.63 Å². The van der Waals surface area contributed by atoms with E-state index in [-0.39, 0.29) is 5.75 Å². The molecule has 0 atom stereocenters. The Morgan fingerprint density at radius 3 is 2.71 bits per heavy atom. The van der Waals surface area contributed by atoms with Crippen molar-refractivity contribution in [2.45, 2.75) is 0 Å². The van der Waals surface area contributed by atoms with Gasteiger partial charge < -0.3 is 19.6 Å². The van der Waals surface area contributed by atoms with Crippen molar-refractivity contribution >= 4 is 21.7 Å². The van der Waals surface area contributed by atoms with Gasteiger partial charge in [0, 0.05) is 43.0 Å². The summed E-state index contributed by atoms with van der Waals surface area (Å²) in [6.07, 6.45) is 0. The van der Waals surface area contributed by atoms with Gasteiger partial charge in [-0.1, -0.05) is 0 Å². The summed E-state index contributed by atoms with van der Waals surface area (Å²) in [7, 11) is 0. The predicted molar refractivity (Wildman–Crippen MR) is 91.6 cm³/mol. The van der Waals surface area contributed by atoms with Gasteiger partial charge in [0.2, 0.25) is 0 Å². The Hall–Kier alpha value is -2.57. The van der Waals surface area contributed by atoms with Crippen LogP contribution in [0.15, 0.2) is 45.6 Å². The number of rotatable bonds is 3. The van der Waals surface area contributed by atoms with Gasteiger partial charge in [-0.05, 0) is 30.3 Å². The number of piperazine rings is 1. The second kappa shape index (κ2) is 6.14. The topological polar surface area (TPSA) is 74.9 Å². The van der Waals surface area contributed by atoms with Gasteiger partial charge in [-0.25, -0.2) is 4.79 Å². The number of hydrogen-bond acceptors (Lipinski definition) is 6. The van der Waals surface area contributed by atoms with Crippen LogP contribution in [0.3, 0.4) is 0 Å². The molecule has 6 heteroatoms. The summed E-state index contributed by atoms with van der Waals surface area (Å²) in [5, 5.41) is 14.8. The fraction of sp³-hybridized carbons (Fsp3) is 0.278. The van der Waals surface area contributed by atoms with Crippen LogP contribution in [0.2, 0.25) is 0 Å². The average Bonchev–Trinajstić information content (AvgIpc) is 2.61. The first-order valence-corrected chi connectivity index (χ1v) is 7.96. The number of fused-ring (bicyclic) bond motifs is 3. The van der Waals surface area contributed by atoms with Crippen LogP contribution in [0, 0.1) is 0 Å². The zero-order chi connectivity index (χ0) is 16.5. The Labute approximate surface area is 138 Å². The lowest BCUT2D eigenvalue weighted by Gasteiger charge is -2.26. The van der Waals surface area contributed by atoms with Gasteiger partial charge in [-0.2, -0.15) is 0 Å². The van der Waals surface area contributed by atoms with Crippen LogP contribution in [-0.4, -0.2) is 42.9 Å². The molecular weight excluding hydrogens is 308 g/mol. The van der Waals surface area contributed by atoms with Crippen molar-refractivity contribution in [2.75, 3.05) is 32.9 Å². The predicted octanol–water partition coefficient (Wildman–Crippen LogP) is 1.89. The summed E-state index contributed by atoms with van der Waals surface area (Å²) in [4.78, 5) is 14.3. The molecule has 2 N–H and O–H groups in total. The van der Waals surface area contributed by atoms with Gasteiger partial charge in [-0.3, -0.25) is 4.90 Å². The molecule has 1 fully saturated rings. The summed E-state index contributed by atoms with van der Waals surface area (Å²) < 4.78 is 11.2. The zero-order valence-electron chi connectivity index (χ0n) is 13.1. The van der Waals surface area contributed by atoms with Gasteiger partial charge in [0.15, 0.2) is 0 Å². The molecule has 24 heavy (non-hydrogen) atoms. The van der Waals surface area contributed by atoms with E-state index in [1.165, 1.54) is 6.07 Å². The first-order valence-electron chi connectivity index (χ1n) is 7.96. The van der Waals surface area contributed by atoms with Crippen molar-refractivity contribution in [2.24, 2.45) is 0 Å². The van der Waals surface area contributed by atoms with Crippen LogP contribution in [0.5, 0.6) is 11.5 Å². The molecule has 0 amide bonds. The molecule has 0 unspecified atom stereocenters. The fourth-order valence-corrected chi connectivity index (χ4v) is 3.00. The molecule has 1 aromatic heterocycles. The molecule has 1 aliphatic heterocycles. The van der Waals surface area contributed by atoms with Crippen LogP contribution >= 0.6 is 0 Å². The zero-order valence-corrected chi connectivity index (χ0v) is 13.1. The van der Waals surface area contributed by atoms with Gasteiger partial charge in [0.1, 0.15) is 23.8 Å². The summed E-state index contributed by atoms with van der Waals surface area (Å²) in [5.74, 6) is 0.715. The van der Waals surface area contributed by atoms with Gasteiger partial charge >= 0.3 is 5.63 Å². The van der Waals surface area contributed by atoms with Gasteiger partial charge in [0.25, 0.3) is 0 Å². The maximum absolute atomic E-state index is 12.1. The maximum atomic E-state index is 12.1. The monoisotopic (exact) mass is 326 g/mol. The third kappa shape index (κ3) is 2.81. The highest BCUT2D eigenvalue weighted by Crippen LogP contribution is 2.28. The van der Waals surface area contributed by atoms with Crippen LogP contribution in [0.4, 0.5) is 0 Å². The molecular formula is C18H18N2O4. The second-order valence-corrected chi connectivity index (χ2v) is 5.92. The van der Waals surface area contributed by atoms with Gasteiger partial charge in [0.05, 0.1) is 5.39 Å². The number of hydrogen-bond donors (Lipinski definition) is 2. The molecule has 1 aliphatic rings. The van der Waals surface area contributed by atoms with E-state index in [9.17, 15) is 9.90 Å². The van der Waals surface area contributed by atoms with E-state index >= 15 is 0 Å². The number of aromatic hydroxyl groups is 1. The van der Waals surface area contributed by atoms with Crippen molar-refractivity contribution in [3.05, 3.63) is 46.8 Å². The van der Waals surface area contributed by atoms with Crippen LogP contribution < -0.4 is 15.7 Å². The quantitative estimate of drug-likeness (QED) is 0.565. The highest BCUT2D eigenvalue weighted by molar-refractivity contribution is 6.04. The number of benzene rings is 2. The maximum Gasteiger partial charge on any atom is 0.344 e. The molecule has 4 rings (SSSR count). The lowest BCUT2D eigenvalue weighted by atomic mass is 10.1. The third-order valence-electron chi connectivity index (χ3n) is 4.29. The first-order chi connectivity index (χ1) is 11.7. The number of nitrogens with zero attached hydrogens (tertiary/aromatic N) is 1. The summed E-state index contributed by atoms with van der Waals surface area (Å²) in [6.45, 7) is 4.36. The van der Waals surface area contributed by atoms with Crippen LogP contribution in [0.1, 0.15) is 0 Å². The lowest BCUT2D eigenvalue weighted by molar-refractivity contribution is 0.113. The Balaban J connectivity index is 1.66. The van der Waals surface area contributed by atoms with E-state index in [0.29, 0.717) is 23.4 Å². The first kappa shape index (κ1) is 15.0. The Kier molecular flexibility index (Phi) is 3.84. The van der Waals surface area contributed by atoms with Crippen molar-refractivity contribution < 1.29 is 14.3 Å². The molecule has 1 saturated heterocycles. The highest BCUT2D eigenvalue weighted by Gasteiger charge is 2.12. The second-order valence-electron chi connectivity index (χ2n) is 5.92. The van der Waals surface area contributed by atoms with Crippen molar-refractivity contribution in [1.82, 2.24) is 10.2 Å². The minimum Gasteiger partial charge on any atom is -0.508 e. The van der Waals surface area contributed by atoms with E-state index in [1.54, 1.807) is 18.2 Å². The summed E-state index contributed by atoms with van der Waals surface area (Å²) in [6, 6.07) is 10.2. The van der Waals surface area contributed by atoms with Crippen LogP contribution in [0.25, 0.3) is 21.7 Å². The highest BCUT2D eigenvalue weighted by atomic mass is 16.5. The van der Waals surface area contributed by atoms with Crippen molar-refractivity contribution in [1.29, 1.82) is 0 Å². The van der Waals surface area contributed by atoms with E-state index in [1.807, 2.05) is 12.1 Å². The summed E-state index contributed by atoms with van der Waals surface area (Å²) >= 11 is 0. The number of phenolic OH excluding ortho intramolecular Hbond substituents is 1. The van der Waals surface area contributed by atoms with Crippen LogP contribution in [-0.2, 0) is 0 Å². The van der Waals surface area contributed by atoms with E-state index in [0.717, 1.165) is 37.0 Å². The number of phenols is 1. The Morgan fingerprint density at radius 1 is 1.08 bits per heavy atom. The molecule has 2 aromatic carbocycles. The minimum absolute atomic E-state index is 0.0464. The van der Waals surface area contributed by atoms with Crippen molar-refractivity contribution in [3.63, 3.8) is 0 Å². The van der Waals surface area contributed by atoms with E-state index in [2.05, 4.69) is 10.2 Å². The molecule has 0 aliphatic carbocycles. The molecule has 3 aromatic rings. The average molecular weight is 326 g/mol. The van der Waals surface area contributed by atoms with E-state index in [4.69, 9.17) is 9.15 Å². The molecule has 0 spiro atoms. The molecule has 0 saturated carbocycles. The number of ether oxygens (including phenoxy) is 1. The largest absolute Gasteiger partial charge is 0.508 e. The fourth-order valence-electron chi connectivity index (χ4n) is 3.00. The normalized spacial score (nSPS) is 15.8. The molecule has 124 valence electrons. The summed E-state index contributed by atoms with van der Waals surface area (Å²) in [5.41, 5.74) is 0.0173. The number of nitrogens with one attached hydrogen (secondary N) is 1. The lowest BCUT2D eigenvalue weighted by Crippen LogP contribution is -2.44. The van der Waals surface area contributed by atoms with Crippen molar-refractivity contribution in [3.8, 4) is 11.5 Å². The Bertz CT molecular complexity index is 945. The van der Waals surface area contributed by atoms with Gasteiger partial charge in [-0.15, -0.1) is 0 Å². The minimum atomic E-state index is -0.465. The molecule has 6 nitrogen and oxygen atoms in total. The molecule has 2 heterocycles. The SMILES string of the molecule is O=c1oc2cc(OCN3CCNCC3)ccc2c2ccc(O)cc12. The molecule has 0 bridgehead atoms. The standard InChI is InChI=1S/C18H18N2O4/c21-12-1-3-14-15-4-2-13(23-11-20-7-5-19-6-8-20)10-17(15)24-18(22)16(14)9-12/h1-4,9-10,19,21H,5-8,11H2. The molecule has 0 radical (unpaired) electrons. The third-order valence-corrected chi connectivity index (χ3v) is 4.29. The Morgan fingerprint density at radius 2 is 1.88 bits per heavy atom. The smallest absolute Gasteiger partial charge is 0.344 e.